The Bertz CT molecular complexity index is 320. The standard InChI is InChI=1S/C11H20N4S/c1-16-7-6-9(12)11-13-10(14-15-11)8-4-2-3-5-8/h8-9H,2-7,12H2,1H3,(H,13,14,15)/t9-/m1/s1. The minimum absolute atomic E-state index is 0.0150. The highest BCUT2D eigenvalue weighted by Crippen LogP contribution is 2.32. The molecule has 4 nitrogen and oxygen atoms in total. The minimum Gasteiger partial charge on any atom is -0.321 e. The van der Waals surface area contributed by atoms with Crippen molar-refractivity contribution in [3.63, 3.8) is 0 Å². The molecule has 0 bridgehead atoms. The van der Waals surface area contributed by atoms with Gasteiger partial charge in [0.05, 0.1) is 6.04 Å². The number of thioether (sulfide) groups is 1. The van der Waals surface area contributed by atoms with Crippen molar-refractivity contribution in [1.29, 1.82) is 0 Å². The highest BCUT2D eigenvalue weighted by molar-refractivity contribution is 7.98. The fourth-order valence-corrected chi connectivity index (χ4v) is 2.70. The summed E-state index contributed by atoms with van der Waals surface area (Å²) < 4.78 is 0. The molecule has 1 heterocycles. The summed E-state index contributed by atoms with van der Waals surface area (Å²) in [6.07, 6.45) is 8.17. The van der Waals surface area contributed by atoms with Gasteiger partial charge in [0.2, 0.25) is 0 Å². The monoisotopic (exact) mass is 240 g/mol. The zero-order chi connectivity index (χ0) is 11.4. The van der Waals surface area contributed by atoms with Crippen molar-refractivity contribution in [3.8, 4) is 0 Å². The van der Waals surface area contributed by atoms with Gasteiger partial charge in [0.15, 0.2) is 5.82 Å². The van der Waals surface area contributed by atoms with Crippen LogP contribution in [-0.2, 0) is 0 Å². The number of aromatic amines is 1. The van der Waals surface area contributed by atoms with E-state index < -0.39 is 0 Å². The molecule has 90 valence electrons. The molecule has 0 unspecified atom stereocenters. The Morgan fingerprint density at radius 3 is 2.94 bits per heavy atom. The van der Waals surface area contributed by atoms with Crippen molar-refractivity contribution < 1.29 is 0 Å². The number of hydrogen-bond donors (Lipinski definition) is 2. The summed E-state index contributed by atoms with van der Waals surface area (Å²) >= 11 is 1.81. The van der Waals surface area contributed by atoms with Crippen LogP contribution in [0.25, 0.3) is 0 Å². The third kappa shape index (κ3) is 2.77. The van der Waals surface area contributed by atoms with E-state index in [2.05, 4.69) is 21.4 Å². The second-order valence-electron chi connectivity index (χ2n) is 4.45. The molecule has 1 saturated carbocycles. The zero-order valence-corrected chi connectivity index (χ0v) is 10.6. The van der Waals surface area contributed by atoms with Gasteiger partial charge in [-0.3, -0.25) is 5.10 Å². The first-order valence-electron chi connectivity index (χ1n) is 5.98. The largest absolute Gasteiger partial charge is 0.321 e. The lowest BCUT2D eigenvalue weighted by Gasteiger charge is -2.05. The Morgan fingerprint density at radius 2 is 2.25 bits per heavy atom. The fraction of sp³-hybridized carbons (Fsp3) is 0.818. The molecule has 0 spiro atoms. The maximum atomic E-state index is 6.03. The predicted molar refractivity (Wildman–Crippen MR) is 67.5 cm³/mol. The van der Waals surface area contributed by atoms with Gasteiger partial charge in [-0.15, -0.1) is 0 Å². The van der Waals surface area contributed by atoms with Crippen molar-refractivity contribution in [1.82, 2.24) is 15.2 Å². The molecule has 0 radical (unpaired) electrons. The van der Waals surface area contributed by atoms with E-state index in [9.17, 15) is 0 Å². The van der Waals surface area contributed by atoms with E-state index in [0.29, 0.717) is 5.92 Å². The van der Waals surface area contributed by atoms with Crippen LogP contribution in [-0.4, -0.2) is 27.2 Å². The van der Waals surface area contributed by atoms with Crippen LogP contribution in [0, 0.1) is 0 Å². The van der Waals surface area contributed by atoms with Gasteiger partial charge in [0, 0.05) is 5.92 Å². The van der Waals surface area contributed by atoms with Crippen molar-refractivity contribution in [2.75, 3.05) is 12.0 Å². The highest BCUT2D eigenvalue weighted by atomic mass is 32.2. The lowest BCUT2D eigenvalue weighted by Crippen LogP contribution is -2.13. The first-order chi connectivity index (χ1) is 7.81. The first-order valence-corrected chi connectivity index (χ1v) is 7.37. The number of aromatic nitrogens is 3. The fourth-order valence-electron chi connectivity index (χ4n) is 2.21. The predicted octanol–water partition coefficient (Wildman–Crippen LogP) is 2.22. The average molecular weight is 240 g/mol. The van der Waals surface area contributed by atoms with Gasteiger partial charge in [0.1, 0.15) is 5.82 Å². The van der Waals surface area contributed by atoms with Crippen LogP contribution >= 0.6 is 11.8 Å². The molecule has 1 aliphatic carbocycles. The molecule has 1 atom stereocenters. The maximum absolute atomic E-state index is 6.03. The lowest BCUT2D eigenvalue weighted by atomic mass is 10.1. The third-order valence-electron chi connectivity index (χ3n) is 3.23. The van der Waals surface area contributed by atoms with Crippen LogP contribution in [0.4, 0.5) is 0 Å². The van der Waals surface area contributed by atoms with Crippen LogP contribution in [0.15, 0.2) is 0 Å². The SMILES string of the molecule is CSCC[C@@H](N)c1n[nH]c(C2CCCC2)n1. The number of nitrogens with zero attached hydrogens (tertiary/aromatic N) is 2. The van der Waals surface area contributed by atoms with Crippen molar-refractivity contribution in [3.05, 3.63) is 11.6 Å². The molecule has 0 saturated heterocycles. The molecule has 3 N–H and O–H groups in total. The molecule has 1 fully saturated rings. The van der Waals surface area contributed by atoms with E-state index in [0.717, 1.165) is 23.8 Å². The minimum atomic E-state index is -0.0150. The highest BCUT2D eigenvalue weighted by Gasteiger charge is 2.21. The van der Waals surface area contributed by atoms with Crippen molar-refractivity contribution in [2.45, 2.75) is 44.1 Å². The van der Waals surface area contributed by atoms with Gasteiger partial charge in [-0.05, 0) is 31.3 Å². The van der Waals surface area contributed by atoms with Crippen LogP contribution in [0.5, 0.6) is 0 Å². The van der Waals surface area contributed by atoms with Crippen molar-refractivity contribution in [2.24, 2.45) is 5.73 Å². The summed E-state index contributed by atoms with van der Waals surface area (Å²) in [6.45, 7) is 0. The summed E-state index contributed by atoms with van der Waals surface area (Å²) in [5.41, 5.74) is 6.03. The third-order valence-corrected chi connectivity index (χ3v) is 3.87. The Morgan fingerprint density at radius 1 is 1.50 bits per heavy atom. The molecule has 2 rings (SSSR count). The summed E-state index contributed by atoms with van der Waals surface area (Å²) in [7, 11) is 0. The second-order valence-corrected chi connectivity index (χ2v) is 5.43. The van der Waals surface area contributed by atoms with E-state index in [1.807, 2.05) is 11.8 Å². The number of H-pyrrole nitrogens is 1. The van der Waals surface area contributed by atoms with Gasteiger partial charge < -0.3 is 5.73 Å². The van der Waals surface area contributed by atoms with E-state index in [1.54, 1.807) is 0 Å². The zero-order valence-electron chi connectivity index (χ0n) is 9.78. The van der Waals surface area contributed by atoms with E-state index in [-0.39, 0.29) is 6.04 Å². The topological polar surface area (TPSA) is 67.6 Å². The Hall–Kier alpha value is -0.550. The molecule has 5 heteroatoms. The average Bonchev–Trinajstić information content (AvgIpc) is 2.94. The molecular weight excluding hydrogens is 220 g/mol. The first kappa shape index (κ1) is 11.9. The quantitative estimate of drug-likeness (QED) is 0.828. The molecule has 1 aromatic heterocycles. The van der Waals surface area contributed by atoms with E-state index in [1.165, 1.54) is 25.7 Å². The van der Waals surface area contributed by atoms with Crippen LogP contribution in [0.2, 0.25) is 0 Å². The van der Waals surface area contributed by atoms with E-state index >= 15 is 0 Å². The van der Waals surface area contributed by atoms with Crippen LogP contribution in [0.1, 0.15) is 55.7 Å². The molecule has 0 aliphatic heterocycles. The maximum Gasteiger partial charge on any atom is 0.167 e. The molecule has 0 aromatic carbocycles. The van der Waals surface area contributed by atoms with Crippen LogP contribution in [0.3, 0.4) is 0 Å². The molecule has 1 aromatic rings. The number of nitrogens with two attached hydrogens (primary N) is 1. The Balaban J connectivity index is 1.95. The molecule has 1 aliphatic rings. The van der Waals surface area contributed by atoms with Crippen molar-refractivity contribution >= 4 is 11.8 Å². The lowest BCUT2D eigenvalue weighted by molar-refractivity contribution is 0.650. The van der Waals surface area contributed by atoms with E-state index in [4.69, 9.17) is 5.73 Å². The molecular formula is C11H20N4S. The molecule has 16 heavy (non-hydrogen) atoms. The number of rotatable bonds is 5. The second kappa shape index (κ2) is 5.68. The van der Waals surface area contributed by atoms with Gasteiger partial charge >= 0.3 is 0 Å². The van der Waals surface area contributed by atoms with Gasteiger partial charge in [-0.2, -0.15) is 16.9 Å². The molecule has 0 amide bonds. The normalized spacial score (nSPS) is 19.1. The summed E-state index contributed by atoms with van der Waals surface area (Å²) in [6, 6.07) is -0.0150. The summed E-state index contributed by atoms with van der Waals surface area (Å²) in [5.74, 6) is 3.49. The van der Waals surface area contributed by atoms with Gasteiger partial charge in [-0.1, -0.05) is 12.8 Å². The summed E-state index contributed by atoms with van der Waals surface area (Å²) in [4.78, 5) is 4.54. The Kier molecular flexibility index (Phi) is 4.23. The Labute approximate surface area is 101 Å². The number of nitrogens with one attached hydrogen (secondary N) is 1. The van der Waals surface area contributed by atoms with Crippen LogP contribution < -0.4 is 5.73 Å². The smallest absolute Gasteiger partial charge is 0.167 e. The van der Waals surface area contributed by atoms with Gasteiger partial charge in [-0.25, -0.2) is 4.98 Å². The number of hydrogen-bond acceptors (Lipinski definition) is 4. The van der Waals surface area contributed by atoms with Gasteiger partial charge in [0.25, 0.3) is 0 Å². The summed E-state index contributed by atoms with van der Waals surface area (Å²) in [5, 5.41) is 7.30.